The summed E-state index contributed by atoms with van der Waals surface area (Å²) >= 11 is 5.75. The number of hydrogen-bond donors (Lipinski definition) is 0. The molecular weight excluding hydrogens is 232 g/mol. The van der Waals surface area contributed by atoms with Gasteiger partial charge in [-0.25, -0.2) is 4.98 Å². The number of rotatable bonds is 3. The van der Waals surface area contributed by atoms with E-state index in [-0.39, 0.29) is 0 Å². The lowest BCUT2D eigenvalue weighted by Gasteiger charge is -2.20. The molecule has 2 nitrogen and oxygen atoms in total. The summed E-state index contributed by atoms with van der Waals surface area (Å²) in [7, 11) is 2.02. The van der Waals surface area contributed by atoms with Crippen LogP contribution in [0.3, 0.4) is 0 Å². The summed E-state index contributed by atoms with van der Waals surface area (Å²) in [4.78, 5) is 6.49. The van der Waals surface area contributed by atoms with Crippen LogP contribution in [0.2, 0.25) is 0 Å². The highest BCUT2D eigenvalue weighted by atomic mass is 35.5. The van der Waals surface area contributed by atoms with Gasteiger partial charge >= 0.3 is 0 Å². The third-order valence-electron chi connectivity index (χ3n) is 2.78. The summed E-state index contributed by atoms with van der Waals surface area (Å²) in [5.74, 6) is 1.43. The Bertz CT molecular complexity index is 494. The summed E-state index contributed by atoms with van der Waals surface area (Å²) in [5, 5.41) is 0. The van der Waals surface area contributed by atoms with Crippen molar-refractivity contribution in [3.63, 3.8) is 0 Å². The first-order valence-electron chi connectivity index (χ1n) is 5.52. The van der Waals surface area contributed by atoms with Gasteiger partial charge in [0.25, 0.3) is 0 Å². The normalized spacial score (nSPS) is 10.3. The zero-order chi connectivity index (χ0) is 12.3. The number of halogens is 1. The molecule has 0 saturated carbocycles. The topological polar surface area (TPSA) is 16.1 Å². The van der Waals surface area contributed by atoms with Gasteiger partial charge in [0.1, 0.15) is 5.82 Å². The van der Waals surface area contributed by atoms with Crippen molar-refractivity contribution in [2.24, 2.45) is 0 Å². The van der Waals surface area contributed by atoms with Crippen LogP contribution >= 0.6 is 11.6 Å². The molecule has 0 aliphatic carbocycles. The number of anilines is 2. The molecule has 1 heterocycles. The van der Waals surface area contributed by atoms with Gasteiger partial charge in [0.2, 0.25) is 0 Å². The average molecular weight is 247 g/mol. The van der Waals surface area contributed by atoms with E-state index in [1.54, 1.807) is 0 Å². The Labute approximate surface area is 107 Å². The fraction of sp³-hybridized carbons (Fsp3) is 0.214. The van der Waals surface area contributed by atoms with Crippen LogP contribution in [0.1, 0.15) is 11.1 Å². The molecular formula is C14H15ClN2. The highest BCUT2D eigenvalue weighted by molar-refractivity contribution is 6.17. The third kappa shape index (κ3) is 2.59. The maximum atomic E-state index is 5.75. The molecule has 2 rings (SSSR count). The Morgan fingerprint density at radius 3 is 2.53 bits per heavy atom. The van der Waals surface area contributed by atoms with E-state index in [9.17, 15) is 0 Å². The Hall–Kier alpha value is -1.54. The summed E-state index contributed by atoms with van der Waals surface area (Å²) < 4.78 is 0. The maximum absolute atomic E-state index is 5.75. The summed E-state index contributed by atoms with van der Waals surface area (Å²) in [5.41, 5.74) is 3.44. The summed E-state index contributed by atoms with van der Waals surface area (Å²) in [6.07, 6.45) is 1.82. The number of aryl methyl sites for hydroxylation is 1. The van der Waals surface area contributed by atoms with Crippen molar-refractivity contribution in [3.05, 3.63) is 53.7 Å². The zero-order valence-electron chi connectivity index (χ0n) is 10.0. The summed E-state index contributed by atoms with van der Waals surface area (Å²) in [6, 6.07) is 12.3. The van der Waals surface area contributed by atoms with E-state index in [2.05, 4.69) is 28.9 Å². The van der Waals surface area contributed by atoms with E-state index in [1.807, 2.05) is 37.5 Å². The lowest BCUT2D eigenvalue weighted by atomic mass is 10.2. The zero-order valence-corrected chi connectivity index (χ0v) is 10.8. The van der Waals surface area contributed by atoms with Crippen molar-refractivity contribution in [1.29, 1.82) is 0 Å². The SMILES string of the molecule is Cc1ccccc1N(C)c1ccc(CCl)cn1. The Morgan fingerprint density at radius 2 is 1.94 bits per heavy atom. The molecule has 0 spiro atoms. The fourth-order valence-corrected chi connectivity index (χ4v) is 1.92. The minimum Gasteiger partial charge on any atom is -0.329 e. The van der Waals surface area contributed by atoms with Crippen LogP contribution < -0.4 is 4.90 Å². The first-order chi connectivity index (χ1) is 8.22. The largest absolute Gasteiger partial charge is 0.329 e. The van der Waals surface area contributed by atoms with Crippen LogP contribution in [0.5, 0.6) is 0 Å². The third-order valence-corrected chi connectivity index (χ3v) is 3.09. The van der Waals surface area contributed by atoms with E-state index in [1.165, 1.54) is 11.3 Å². The van der Waals surface area contributed by atoms with Gasteiger partial charge in [-0.3, -0.25) is 0 Å². The summed E-state index contributed by atoms with van der Waals surface area (Å²) in [6.45, 7) is 2.10. The quantitative estimate of drug-likeness (QED) is 0.764. The number of aromatic nitrogens is 1. The molecule has 0 aliphatic rings. The van der Waals surface area contributed by atoms with Gasteiger partial charge in [-0.2, -0.15) is 0 Å². The maximum Gasteiger partial charge on any atom is 0.132 e. The molecule has 17 heavy (non-hydrogen) atoms. The number of hydrogen-bond acceptors (Lipinski definition) is 2. The first-order valence-corrected chi connectivity index (χ1v) is 6.06. The van der Waals surface area contributed by atoms with Crippen LogP contribution in [-0.2, 0) is 5.88 Å². The number of nitrogens with zero attached hydrogens (tertiary/aromatic N) is 2. The van der Waals surface area contributed by atoms with E-state index < -0.39 is 0 Å². The van der Waals surface area contributed by atoms with Crippen LogP contribution in [0.4, 0.5) is 11.5 Å². The second-order valence-corrected chi connectivity index (χ2v) is 4.27. The lowest BCUT2D eigenvalue weighted by molar-refractivity contribution is 1.10. The van der Waals surface area contributed by atoms with E-state index in [0.717, 1.165) is 11.4 Å². The van der Waals surface area contributed by atoms with Crippen molar-refractivity contribution >= 4 is 23.1 Å². The minimum absolute atomic E-state index is 0.501. The number of pyridine rings is 1. The standard InChI is InChI=1S/C14H15ClN2/c1-11-5-3-4-6-13(11)17(2)14-8-7-12(9-15)10-16-14/h3-8,10H,9H2,1-2H3. The van der Waals surface area contributed by atoms with Crippen molar-refractivity contribution < 1.29 is 0 Å². The smallest absolute Gasteiger partial charge is 0.132 e. The number of alkyl halides is 1. The predicted octanol–water partition coefficient (Wildman–Crippen LogP) is 3.90. The van der Waals surface area contributed by atoms with Crippen LogP contribution in [-0.4, -0.2) is 12.0 Å². The van der Waals surface area contributed by atoms with Gasteiger partial charge in [0, 0.05) is 24.8 Å². The second-order valence-electron chi connectivity index (χ2n) is 4.00. The van der Waals surface area contributed by atoms with Crippen LogP contribution in [0.25, 0.3) is 0 Å². The molecule has 0 radical (unpaired) electrons. The van der Waals surface area contributed by atoms with Gasteiger partial charge < -0.3 is 4.90 Å². The molecule has 0 N–H and O–H groups in total. The molecule has 88 valence electrons. The molecule has 0 atom stereocenters. The highest BCUT2D eigenvalue weighted by Gasteiger charge is 2.07. The van der Waals surface area contributed by atoms with Crippen molar-refractivity contribution in [3.8, 4) is 0 Å². The molecule has 0 amide bonds. The van der Waals surface area contributed by atoms with Crippen molar-refractivity contribution in [2.45, 2.75) is 12.8 Å². The van der Waals surface area contributed by atoms with Gasteiger partial charge in [-0.05, 0) is 30.2 Å². The number of benzene rings is 1. The van der Waals surface area contributed by atoms with E-state index in [4.69, 9.17) is 11.6 Å². The fourth-order valence-electron chi connectivity index (χ4n) is 1.76. The molecule has 1 aromatic carbocycles. The van der Waals surface area contributed by atoms with Crippen LogP contribution in [0.15, 0.2) is 42.6 Å². The average Bonchev–Trinajstić information content (AvgIpc) is 2.39. The second kappa shape index (κ2) is 5.19. The lowest BCUT2D eigenvalue weighted by Crippen LogP contribution is -2.12. The Kier molecular flexibility index (Phi) is 3.64. The molecule has 1 aromatic heterocycles. The Balaban J connectivity index is 2.30. The minimum atomic E-state index is 0.501. The van der Waals surface area contributed by atoms with Crippen LogP contribution in [0, 0.1) is 6.92 Å². The molecule has 0 aliphatic heterocycles. The predicted molar refractivity (Wildman–Crippen MR) is 73.0 cm³/mol. The molecule has 0 bridgehead atoms. The Morgan fingerprint density at radius 1 is 1.18 bits per heavy atom. The van der Waals surface area contributed by atoms with E-state index >= 15 is 0 Å². The molecule has 0 unspecified atom stereocenters. The van der Waals surface area contributed by atoms with Crippen molar-refractivity contribution in [2.75, 3.05) is 11.9 Å². The molecule has 0 saturated heterocycles. The van der Waals surface area contributed by atoms with Gasteiger partial charge in [0.05, 0.1) is 0 Å². The molecule has 3 heteroatoms. The molecule has 0 fully saturated rings. The van der Waals surface area contributed by atoms with Gasteiger partial charge in [-0.15, -0.1) is 11.6 Å². The molecule has 2 aromatic rings. The monoisotopic (exact) mass is 246 g/mol. The number of para-hydroxylation sites is 1. The van der Waals surface area contributed by atoms with Crippen molar-refractivity contribution in [1.82, 2.24) is 4.98 Å². The first kappa shape index (κ1) is 11.9. The van der Waals surface area contributed by atoms with Gasteiger partial charge in [-0.1, -0.05) is 24.3 Å². The van der Waals surface area contributed by atoms with E-state index in [0.29, 0.717) is 5.88 Å². The van der Waals surface area contributed by atoms with Gasteiger partial charge in [0.15, 0.2) is 0 Å². The highest BCUT2D eigenvalue weighted by Crippen LogP contribution is 2.24.